The molecule has 0 spiro atoms. The van der Waals surface area contributed by atoms with Crippen LogP contribution in [0.3, 0.4) is 0 Å². The van der Waals surface area contributed by atoms with Crippen LogP contribution in [0.2, 0.25) is 0 Å². The molecule has 0 atom stereocenters. The molecule has 88 valence electrons. The zero-order chi connectivity index (χ0) is 11.8. The zero-order valence-electron chi connectivity index (χ0n) is 9.50. The van der Waals surface area contributed by atoms with Crippen molar-refractivity contribution >= 4 is 0 Å². The predicted octanol–water partition coefficient (Wildman–Crippen LogP) is 1.68. The molecule has 1 N–H and O–H groups in total. The maximum Gasteiger partial charge on any atom is 0.230 e. The third kappa shape index (κ3) is 1.82. The molecule has 2 heterocycles. The van der Waals surface area contributed by atoms with Crippen LogP contribution in [0.15, 0.2) is 23.0 Å². The molecule has 0 bridgehead atoms. The number of nitrogens with zero attached hydrogens (tertiary/aromatic N) is 3. The number of rotatable bonds is 2. The summed E-state index contributed by atoms with van der Waals surface area (Å²) >= 11 is 0. The SMILES string of the molecule is Cc1cnccc1-c1noc(C2CC(O)C2)n1. The Bertz CT molecular complexity index is 532. The average molecular weight is 231 g/mol. The Morgan fingerprint density at radius 2 is 2.24 bits per heavy atom. The topological polar surface area (TPSA) is 72.0 Å². The van der Waals surface area contributed by atoms with Gasteiger partial charge in [0.1, 0.15) is 0 Å². The van der Waals surface area contributed by atoms with Crippen LogP contribution in [0.25, 0.3) is 11.4 Å². The molecule has 5 nitrogen and oxygen atoms in total. The minimum Gasteiger partial charge on any atom is -0.393 e. The van der Waals surface area contributed by atoms with E-state index in [1.807, 2.05) is 13.0 Å². The van der Waals surface area contributed by atoms with Gasteiger partial charge in [0.25, 0.3) is 0 Å². The largest absolute Gasteiger partial charge is 0.393 e. The highest BCUT2D eigenvalue weighted by molar-refractivity contribution is 5.57. The Labute approximate surface area is 98.5 Å². The van der Waals surface area contributed by atoms with Crippen LogP contribution in [-0.2, 0) is 0 Å². The maximum atomic E-state index is 9.25. The first kappa shape index (κ1) is 10.4. The van der Waals surface area contributed by atoms with E-state index in [-0.39, 0.29) is 12.0 Å². The summed E-state index contributed by atoms with van der Waals surface area (Å²) in [5.74, 6) is 1.44. The van der Waals surface area contributed by atoms with Crippen molar-refractivity contribution in [3.8, 4) is 11.4 Å². The van der Waals surface area contributed by atoms with Gasteiger partial charge < -0.3 is 9.63 Å². The summed E-state index contributed by atoms with van der Waals surface area (Å²) in [5.41, 5.74) is 1.96. The lowest BCUT2D eigenvalue weighted by atomic mass is 9.82. The van der Waals surface area contributed by atoms with E-state index in [0.29, 0.717) is 11.7 Å². The Balaban J connectivity index is 1.88. The van der Waals surface area contributed by atoms with Crippen LogP contribution >= 0.6 is 0 Å². The van der Waals surface area contributed by atoms with Gasteiger partial charge in [0.2, 0.25) is 11.7 Å². The number of aromatic nitrogens is 3. The smallest absolute Gasteiger partial charge is 0.230 e. The first-order valence-corrected chi connectivity index (χ1v) is 5.66. The van der Waals surface area contributed by atoms with Gasteiger partial charge >= 0.3 is 0 Å². The molecule has 2 aromatic rings. The summed E-state index contributed by atoms with van der Waals surface area (Å²) in [7, 11) is 0. The minimum absolute atomic E-state index is 0.210. The monoisotopic (exact) mass is 231 g/mol. The van der Waals surface area contributed by atoms with Gasteiger partial charge in [-0.25, -0.2) is 0 Å². The van der Waals surface area contributed by atoms with Crippen LogP contribution in [0.5, 0.6) is 0 Å². The van der Waals surface area contributed by atoms with Crippen LogP contribution < -0.4 is 0 Å². The average Bonchev–Trinajstić information content (AvgIpc) is 2.74. The predicted molar refractivity (Wildman–Crippen MR) is 60.2 cm³/mol. The summed E-state index contributed by atoms with van der Waals surface area (Å²) in [6, 6.07) is 1.87. The van der Waals surface area contributed by atoms with Gasteiger partial charge in [-0.05, 0) is 31.4 Å². The number of hydrogen-bond donors (Lipinski definition) is 1. The summed E-state index contributed by atoms with van der Waals surface area (Å²) < 4.78 is 5.23. The van der Waals surface area contributed by atoms with Crippen molar-refractivity contribution in [3.05, 3.63) is 29.9 Å². The van der Waals surface area contributed by atoms with E-state index in [2.05, 4.69) is 15.1 Å². The minimum atomic E-state index is -0.210. The summed E-state index contributed by atoms with van der Waals surface area (Å²) in [4.78, 5) is 8.41. The van der Waals surface area contributed by atoms with E-state index in [1.54, 1.807) is 12.4 Å². The molecule has 0 radical (unpaired) electrons. The molecule has 5 heteroatoms. The highest BCUT2D eigenvalue weighted by Crippen LogP contribution is 2.36. The van der Waals surface area contributed by atoms with Gasteiger partial charge in [0, 0.05) is 23.9 Å². The van der Waals surface area contributed by atoms with Crippen molar-refractivity contribution in [2.75, 3.05) is 0 Å². The highest BCUT2D eigenvalue weighted by atomic mass is 16.5. The van der Waals surface area contributed by atoms with Crippen molar-refractivity contribution < 1.29 is 9.63 Å². The van der Waals surface area contributed by atoms with Gasteiger partial charge in [-0.15, -0.1) is 0 Å². The van der Waals surface area contributed by atoms with Crippen LogP contribution in [0.1, 0.15) is 30.2 Å². The third-order valence-electron chi connectivity index (χ3n) is 3.17. The van der Waals surface area contributed by atoms with Crippen molar-refractivity contribution in [2.45, 2.75) is 31.8 Å². The molecule has 2 aromatic heterocycles. The number of aliphatic hydroxyl groups excluding tert-OH is 1. The Hall–Kier alpha value is -1.75. The van der Waals surface area contributed by atoms with Crippen LogP contribution in [0.4, 0.5) is 0 Å². The van der Waals surface area contributed by atoms with Gasteiger partial charge in [-0.1, -0.05) is 5.16 Å². The summed E-state index contributed by atoms with van der Waals surface area (Å²) in [6.07, 6.45) is 4.72. The molecule has 0 unspecified atom stereocenters. The molecule has 0 aliphatic heterocycles. The van der Waals surface area contributed by atoms with E-state index in [1.165, 1.54) is 0 Å². The molecule has 1 aliphatic rings. The Morgan fingerprint density at radius 3 is 2.94 bits per heavy atom. The summed E-state index contributed by atoms with van der Waals surface area (Å²) in [5, 5.41) is 13.2. The van der Waals surface area contributed by atoms with Crippen molar-refractivity contribution in [1.82, 2.24) is 15.1 Å². The lowest BCUT2D eigenvalue weighted by Gasteiger charge is -2.27. The Kier molecular flexibility index (Phi) is 2.40. The summed E-state index contributed by atoms with van der Waals surface area (Å²) in [6.45, 7) is 1.96. The number of pyridine rings is 1. The van der Waals surface area contributed by atoms with Crippen molar-refractivity contribution in [2.24, 2.45) is 0 Å². The fourth-order valence-corrected chi connectivity index (χ4v) is 2.02. The molecule has 0 amide bonds. The van der Waals surface area contributed by atoms with Gasteiger partial charge in [0.05, 0.1) is 6.10 Å². The van der Waals surface area contributed by atoms with Crippen molar-refractivity contribution in [3.63, 3.8) is 0 Å². The lowest BCUT2D eigenvalue weighted by Crippen LogP contribution is -2.26. The molecule has 1 aliphatic carbocycles. The van der Waals surface area contributed by atoms with E-state index < -0.39 is 0 Å². The highest BCUT2D eigenvalue weighted by Gasteiger charge is 2.33. The maximum absolute atomic E-state index is 9.25. The second-order valence-corrected chi connectivity index (χ2v) is 4.47. The van der Waals surface area contributed by atoms with Crippen molar-refractivity contribution in [1.29, 1.82) is 0 Å². The molecule has 0 saturated heterocycles. The quantitative estimate of drug-likeness (QED) is 0.851. The van der Waals surface area contributed by atoms with E-state index >= 15 is 0 Å². The molecule has 3 rings (SSSR count). The molecule has 1 saturated carbocycles. The number of hydrogen-bond acceptors (Lipinski definition) is 5. The first-order valence-electron chi connectivity index (χ1n) is 5.66. The molecular weight excluding hydrogens is 218 g/mol. The first-order chi connectivity index (χ1) is 8.24. The van der Waals surface area contributed by atoms with Gasteiger partial charge in [-0.3, -0.25) is 4.98 Å². The second-order valence-electron chi connectivity index (χ2n) is 4.47. The van der Waals surface area contributed by atoms with Gasteiger partial charge in [0.15, 0.2) is 0 Å². The standard InChI is InChI=1S/C12H13N3O2/c1-7-6-13-3-2-10(7)11-14-12(17-15-11)8-4-9(16)5-8/h2-3,6,8-9,16H,4-5H2,1H3. The zero-order valence-corrected chi connectivity index (χ0v) is 9.50. The van der Waals surface area contributed by atoms with E-state index in [9.17, 15) is 5.11 Å². The fraction of sp³-hybridized carbons (Fsp3) is 0.417. The molecule has 17 heavy (non-hydrogen) atoms. The van der Waals surface area contributed by atoms with Crippen LogP contribution in [0, 0.1) is 6.92 Å². The lowest BCUT2D eigenvalue weighted by molar-refractivity contribution is 0.0625. The molecule has 1 fully saturated rings. The number of aryl methyl sites for hydroxylation is 1. The molecule has 0 aromatic carbocycles. The van der Waals surface area contributed by atoms with Crippen LogP contribution in [-0.4, -0.2) is 26.3 Å². The number of aliphatic hydroxyl groups is 1. The van der Waals surface area contributed by atoms with Gasteiger partial charge in [-0.2, -0.15) is 4.98 Å². The fourth-order valence-electron chi connectivity index (χ4n) is 2.02. The normalized spacial score (nSPS) is 23.4. The molecular formula is C12H13N3O2. The van der Waals surface area contributed by atoms with E-state index in [4.69, 9.17) is 4.52 Å². The second kappa shape index (κ2) is 3.92. The Morgan fingerprint density at radius 1 is 1.41 bits per heavy atom. The van der Waals surface area contributed by atoms with E-state index in [0.717, 1.165) is 24.0 Å². The third-order valence-corrected chi connectivity index (χ3v) is 3.17.